The Morgan fingerprint density at radius 1 is 1.32 bits per heavy atom. The zero-order chi connectivity index (χ0) is 14.5. The third kappa shape index (κ3) is 4.80. The van der Waals surface area contributed by atoms with Crippen molar-refractivity contribution in [1.82, 2.24) is 5.32 Å². The number of anilines is 1. The van der Waals surface area contributed by atoms with Crippen LogP contribution in [0.15, 0.2) is 24.3 Å². The number of nitrogens with one attached hydrogen (secondary N) is 1. The summed E-state index contributed by atoms with van der Waals surface area (Å²) in [5.41, 5.74) is 0.590. The number of benzene rings is 1. The van der Waals surface area contributed by atoms with Gasteiger partial charge in [0.25, 0.3) is 0 Å². The fourth-order valence-electron chi connectivity index (χ4n) is 2.30. The van der Waals surface area contributed by atoms with E-state index in [1.807, 2.05) is 6.92 Å². The van der Waals surface area contributed by atoms with Crippen molar-refractivity contribution in [2.45, 2.75) is 39.3 Å². The van der Waals surface area contributed by atoms with E-state index in [9.17, 15) is 9.50 Å². The fourth-order valence-corrected chi connectivity index (χ4v) is 2.30. The van der Waals surface area contributed by atoms with Gasteiger partial charge in [0.05, 0.1) is 12.1 Å². The normalized spacial score (nSPS) is 14.5. The van der Waals surface area contributed by atoms with E-state index < -0.39 is 0 Å². The van der Waals surface area contributed by atoms with Gasteiger partial charge in [-0.1, -0.05) is 13.8 Å². The molecule has 0 heterocycles. The monoisotopic (exact) mass is 268 g/mol. The van der Waals surface area contributed by atoms with Gasteiger partial charge >= 0.3 is 0 Å². The summed E-state index contributed by atoms with van der Waals surface area (Å²) in [5, 5.41) is 13.0. The molecule has 0 aliphatic heterocycles. The van der Waals surface area contributed by atoms with Crippen LogP contribution in [-0.2, 0) is 0 Å². The number of rotatable bonds is 7. The van der Waals surface area contributed by atoms with Crippen LogP contribution >= 0.6 is 0 Å². The molecular weight excluding hydrogens is 243 g/mol. The second kappa shape index (κ2) is 6.87. The van der Waals surface area contributed by atoms with E-state index in [1.165, 1.54) is 12.1 Å². The van der Waals surface area contributed by atoms with Crippen LogP contribution in [0, 0.1) is 5.82 Å². The van der Waals surface area contributed by atoms with Gasteiger partial charge in [0, 0.05) is 24.8 Å². The number of halogens is 1. The Kier molecular flexibility index (Phi) is 5.76. The highest BCUT2D eigenvalue weighted by molar-refractivity contribution is 5.46. The van der Waals surface area contributed by atoms with E-state index >= 15 is 0 Å². The molecule has 1 aromatic carbocycles. The van der Waals surface area contributed by atoms with E-state index in [0.29, 0.717) is 12.6 Å². The third-order valence-electron chi connectivity index (χ3n) is 3.10. The van der Waals surface area contributed by atoms with Crippen LogP contribution in [0.25, 0.3) is 0 Å². The van der Waals surface area contributed by atoms with Gasteiger partial charge in [-0.15, -0.1) is 0 Å². The first kappa shape index (κ1) is 15.9. The second-order valence-corrected chi connectivity index (χ2v) is 5.51. The number of likely N-dealkylation sites (N-methyl/N-ethyl adjacent to an activating group) is 1. The van der Waals surface area contributed by atoms with E-state index in [0.717, 1.165) is 12.2 Å². The summed E-state index contributed by atoms with van der Waals surface area (Å²) < 4.78 is 13.0. The van der Waals surface area contributed by atoms with Crippen molar-refractivity contribution in [3.8, 4) is 0 Å². The summed E-state index contributed by atoms with van der Waals surface area (Å²) in [7, 11) is 0. The molecule has 1 atom stereocenters. The standard InChI is InChI=1S/C15H25FN2O/c1-5-18(14-8-6-13(16)7-9-14)10-15(4,11-19)17-12(2)3/h6-9,12,17,19H,5,10-11H2,1-4H3. The highest BCUT2D eigenvalue weighted by atomic mass is 19.1. The van der Waals surface area contributed by atoms with Crippen LogP contribution in [0.2, 0.25) is 0 Å². The first-order valence-electron chi connectivity index (χ1n) is 6.79. The second-order valence-electron chi connectivity index (χ2n) is 5.51. The van der Waals surface area contributed by atoms with Crippen LogP contribution in [0.3, 0.4) is 0 Å². The smallest absolute Gasteiger partial charge is 0.123 e. The molecule has 0 saturated heterocycles. The lowest BCUT2D eigenvalue weighted by atomic mass is 10.0. The number of aliphatic hydroxyl groups excluding tert-OH is 1. The van der Waals surface area contributed by atoms with E-state index in [-0.39, 0.29) is 18.0 Å². The Balaban J connectivity index is 2.82. The maximum Gasteiger partial charge on any atom is 0.123 e. The minimum Gasteiger partial charge on any atom is -0.394 e. The highest BCUT2D eigenvalue weighted by Gasteiger charge is 2.26. The molecule has 0 bridgehead atoms. The van der Waals surface area contributed by atoms with Gasteiger partial charge in [0.2, 0.25) is 0 Å². The zero-order valence-electron chi connectivity index (χ0n) is 12.3. The minimum atomic E-state index is -0.376. The van der Waals surface area contributed by atoms with Crippen molar-refractivity contribution in [2.24, 2.45) is 0 Å². The first-order chi connectivity index (χ1) is 8.90. The maximum atomic E-state index is 13.0. The van der Waals surface area contributed by atoms with Crippen LogP contribution in [0.1, 0.15) is 27.7 Å². The minimum absolute atomic E-state index is 0.0584. The molecule has 19 heavy (non-hydrogen) atoms. The molecule has 108 valence electrons. The summed E-state index contributed by atoms with van der Waals surface area (Å²) in [5.74, 6) is -0.231. The first-order valence-corrected chi connectivity index (χ1v) is 6.79. The molecule has 0 aliphatic carbocycles. The van der Waals surface area contributed by atoms with Crippen molar-refractivity contribution in [2.75, 3.05) is 24.6 Å². The van der Waals surface area contributed by atoms with E-state index in [1.54, 1.807) is 12.1 Å². The number of aliphatic hydroxyl groups is 1. The molecule has 1 rings (SSSR count). The third-order valence-corrected chi connectivity index (χ3v) is 3.10. The van der Waals surface area contributed by atoms with Crippen molar-refractivity contribution in [3.63, 3.8) is 0 Å². The van der Waals surface area contributed by atoms with Gasteiger partial charge in [-0.05, 0) is 38.1 Å². The van der Waals surface area contributed by atoms with Crippen molar-refractivity contribution >= 4 is 5.69 Å². The van der Waals surface area contributed by atoms with Gasteiger partial charge in [-0.3, -0.25) is 0 Å². The number of hydrogen-bond donors (Lipinski definition) is 2. The Bertz CT molecular complexity index is 380. The molecule has 4 heteroatoms. The highest BCUT2D eigenvalue weighted by Crippen LogP contribution is 2.18. The Morgan fingerprint density at radius 2 is 1.89 bits per heavy atom. The molecule has 1 aromatic rings. The topological polar surface area (TPSA) is 35.5 Å². The average molecular weight is 268 g/mol. The SMILES string of the molecule is CCN(CC(C)(CO)NC(C)C)c1ccc(F)cc1. The molecule has 1 unspecified atom stereocenters. The van der Waals surface area contributed by atoms with Crippen molar-refractivity contribution in [1.29, 1.82) is 0 Å². The largest absolute Gasteiger partial charge is 0.394 e. The lowest BCUT2D eigenvalue weighted by Crippen LogP contribution is -2.56. The average Bonchev–Trinajstić information content (AvgIpc) is 2.36. The predicted molar refractivity (Wildman–Crippen MR) is 78.0 cm³/mol. The quantitative estimate of drug-likeness (QED) is 0.797. The number of nitrogens with zero attached hydrogens (tertiary/aromatic N) is 1. The van der Waals surface area contributed by atoms with E-state index in [2.05, 4.69) is 31.0 Å². The lowest BCUT2D eigenvalue weighted by Gasteiger charge is -2.37. The van der Waals surface area contributed by atoms with Crippen molar-refractivity contribution < 1.29 is 9.50 Å². The summed E-state index contributed by atoms with van der Waals surface area (Å²) in [6.45, 7) is 9.70. The van der Waals surface area contributed by atoms with Gasteiger partial charge in [0.1, 0.15) is 5.82 Å². The predicted octanol–water partition coefficient (Wildman–Crippen LogP) is 2.40. The lowest BCUT2D eigenvalue weighted by molar-refractivity contribution is 0.169. The molecule has 0 aliphatic rings. The Labute approximate surface area is 115 Å². The van der Waals surface area contributed by atoms with Gasteiger partial charge in [-0.25, -0.2) is 4.39 Å². The molecule has 0 amide bonds. The molecular formula is C15H25FN2O. The van der Waals surface area contributed by atoms with E-state index in [4.69, 9.17) is 0 Å². The van der Waals surface area contributed by atoms with Crippen LogP contribution in [0.5, 0.6) is 0 Å². The van der Waals surface area contributed by atoms with Crippen molar-refractivity contribution in [3.05, 3.63) is 30.1 Å². The zero-order valence-corrected chi connectivity index (χ0v) is 12.3. The molecule has 2 N–H and O–H groups in total. The van der Waals surface area contributed by atoms with Crippen LogP contribution in [-0.4, -0.2) is 36.4 Å². The summed E-state index contributed by atoms with van der Waals surface area (Å²) >= 11 is 0. The molecule has 0 spiro atoms. The molecule has 0 aromatic heterocycles. The molecule has 0 saturated carbocycles. The summed E-state index contributed by atoms with van der Waals surface area (Å²) in [4.78, 5) is 2.13. The molecule has 0 fully saturated rings. The van der Waals surface area contributed by atoms with Crippen LogP contribution < -0.4 is 10.2 Å². The molecule has 3 nitrogen and oxygen atoms in total. The Morgan fingerprint density at radius 3 is 2.32 bits per heavy atom. The van der Waals surface area contributed by atoms with Gasteiger partial charge in [0.15, 0.2) is 0 Å². The van der Waals surface area contributed by atoms with Gasteiger partial charge < -0.3 is 15.3 Å². The molecule has 0 radical (unpaired) electrons. The Hall–Kier alpha value is -1.13. The fraction of sp³-hybridized carbons (Fsp3) is 0.600. The summed E-state index contributed by atoms with van der Waals surface area (Å²) in [6.07, 6.45) is 0. The maximum absolute atomic E-state index is 13.0. The van der Waals surface area contributed by atoms with Crippen LogP contribution in [0.4, 0.5) is 10.1 Å². The number of hydrogen-bond acceptors (Lipinski definition) is 3. The summed E-state index contributed by atoms with van der Waals surface area (Å²) in [6, 6.07) is 6.76. The van der Waals surface area contributed by atoms with Gasteiger partial charge in [-0.2, -0.15) is 0 Å².